The highest BCUT2D eigenvalue weighted by atomic mass is 16.3. The Kier molecular flexibility index (Phi) is 4.82. The minimum Gasteiger partial charge on any atom is -0.366 e. The van der Waals surface area contributed by atoms with Gasteiger partial charge in [0.2, 0.25) is 0 Å². The van der Waals surface area contributed by atoms with Crippen molar-refractivity contribution in [1.29, 1.82) is 0 Å². The minimum atomic E-state index is -0.964. The lowest BCUT2D eigenvalue weighted by Gasteiger charge is -2.05. The zero-order chi connectivity index (χ0) is 6.41. The van der Waals surface area contributed by atoms with Crippen LogP contribution in [0.1, 0.15) is 0 Å². The molecule has 0 aromatic carbocycles. The lowest BCUT2D eigenvalue weighted by Crippen LogP contribution is -2.43. The summed E-state index contributed by atoms with van der Waals surface area (Å²) in [5.41, 5.74) is 9.94. The Bertz CT molecular complexity index is 48.5. The highest BCUT2D eigenvalue weighted by Gasteiger charge is 1.87. The number of nitrogens with two attached hydrogens (primary N) is 2. The van der Waals surface area contributed by atoms with Crippen LogP contribution < -0.4 is 22.1 Å². The maximum atomic E-state index is 8.36. The van der Waals surface area contributed by atoms with Crippen molar-refractivity contribution in [3.63, 3.8) is 0 Å². The summed E-state index contributed by atoms with van der Waals surface area (Å²) < 4.78 is 0. The molecule has 0 bridgehead atoms. The summed E-state index contributed by atoms with van der Waals surface area (Å²) in [5.74, 6) is 0. The summed E-state index contributed by atoms with van der Waals surface area (Å²) in [5, 5.41) is 13.6. The van der Waals surface area contributed by atoms with Crippen LogP contribution in [0.25, 0.3) is 0 Å². The summed E-state index contributed by atoms with van der Waals surface area (Å²) in [6.45, 7) is 0.799. The van der Waals surface area contributed by atoms with Crippen molar-refractivity contribution < 1.29 is 5.11 Å². The van der Waals surface area contributed by atoms with E-state index >= 15 is 0 Å². The summed E-state index contributed by atoms with van der Waals surface area (Å²) in [4.78, 5) is 0. The van der Waals surface area contributed by atoms with E-state index in [1.54, 1.807) is 0 Å². The Balaban J connectivity index is 2.72. The largest absolute Gasteiger partial charge is 0.366 e. The van der Waals surface area contributed by atoms with Gasteiger partial charge in [-0.2, -0.15) is 0 Å². The van der Waals surface area contributed by atoms with Crippen LogP contribution >= 0.6 is 0 Å². The molecule has 0 spiro atoms. The van der Waals surface area contributed by atoms with Crippen LogP contribution in [0.15, 0.2) is 0 Å². The van der Waals surface area contributed by atoms with Crippen molar-refractivity contribution in [2.45, 2.75) is 6.35 Å². The van der Waals surface area contributed by atoms with E-state index in [1.165, 1.54) is 0 Å². The fourth-order valence-corrected chi connectivity index (χ4v) is 0.249. The number of hydrogen-bond acceptors (Lipinski definition) is 5. The monoisotopic (exact) mass is 120 g/mol. The van der Waals surface area contributed by atoms with Gasteiger partial charge < -0.3 is 10.8 Å². The van der Waals surface area contributed by atoms with E-state index in [2.05, 4.69) is 10.6 Å². The first kappa shape index (κ1) is 7.80. The van der Waals surface area contributed by atoms with Crippen LogP contribution in [0.4, 0.5) is 0 Å². The summed E-state index contributed by atoms with van der Waals surface area (Å²) >= 11 is 0. The third kappa shape index (κ3) is 5.80. The van der Waals surface area contributed by atoms with E-state index in [0.717, 1.165) is 0 Å². The number of aliphatic hydroxyl groups is 1. The molecule has 1 unspecified atom stereocenters. The van der Waals surface area contributed by atoms with Gasteiger partial charge in [-0.1, -0.05) is 0 Å². The topological polar surface area (TPSA) is 96.3 Å². The molecule has 8 heavy (non-hydrogen) atoms. The van der Waals surface area contributed by atoms with Crippen molar-refractivity contribution in [3.8, 4) is 0 Å². The molecule has 0 aromatic rings. The van der Waals surface area contributed by atoms with Crippen LogP contribution in [0, 0.1) is 0 Å². The van der Waals surface area contributed by atoms with Crippen molar-refractivity contribution in [1.82, 2.24) is 10.6 Å². The van der Waals surface area contributed by atoms with Crippen molar-refractivity contribution in [2.24, 2.45) is 11.5 Å². The molecule has 7 N–H and O–H groups in total. The normalized spacial score (nSPS) is 13.9. The molecule has 0 amide bonds. The van der Waals surface area contributed by atoms with Crippen LogP contribution in [-0.4, -0.2) is 24.8 Å². The average Bonchev–Trinajstić information content (AvgIpc) is 1.66. The van der Waals surface area contributed by atoms with Crippen molar-refractivity contribution in [3.05, 3.63) is 0 Å². The molecule has 5 heteroatoms. The van der Waals surface area contributed by atoms with Gasteiger partial charge in [0.15, 0.2) is 6.35 Å². The Morgan fingerprint density at radius 2 is 2.25 bits per heavy atom. The van der Waals surface area contributed by atoms with Gasteiger partial charge in [0.1, 0.15) is 0 Å². The fraction of sp³-hybridized carbons (Fsp3) is 1.00. The number of rotatable bonds is 4. The Morgan fingerprint density at radius 3 is 2.62 bits per heavy atom. The van der Waals surface area contributed by atoms with Crippen LogP contribution in [0.2, 0.25) is 0 Å². The van der Waals surface area contributed by atoms with Gasteiger partial charge in [-0.15, -0.1) is 0 Å². The molecular formula is C3H12N4O. The molecule has 0 saturated heterocycles. The number of hydrogen-bond donors (Lipinski definition) is 5. The molecule has 0 rings (SSSR count). The maximum absolute atomic E-state index is 8.36. The zero-order valence-electron chi connectivity index (χ0n) is 4.59. The Labute approximate surface area is 48.0 Å². The maximum Gasteiger partial charge on any atom is 0.158 e. The Morgan fingerprint density at radius 1 is 1.62 bits per heavy atom. The third-order valence-corrected chi connectivity index (χ3v) is 0.581. The molecule has 50 valence electrons. The van der Waals surface area contributed by atoms with E-state index in [9.17, 15) is 0 Å². The van der Waals surface area contributed by atoms with E-state index in [-0.39, 0.29) is 0 Å². The molecule has 0 aliphatic rings. The van der Waals surface area contributed by atoms with Crippen LogP contribution in [0.3, 0.4) is 0 Å². The summed E-state index contributed by atoms with van der Waals surface area (Å²) in [6, 6.07) is 0. The number of nitrogens with one attached hydrogen (secondary N) is 2. The van der Waals surface area contributed by atoms with Crippen LogP contribution in [-0.2, 0) is 0 Å². The first-order valence-corrected chi connectivity index (χ1v) is 2.35. The Hall–Kier alpha value is -0.200. The smallest absolute Gasteiger partial charge is 0.158 e. The predicted octanol–water partition coefficient (Wildman–Crippen LogP) is -2.73. The highest BCUT2D eigenvalue weighted by molar-refractivity contribution is 4.39. The van der Waals surface area contributed by atoms with Crippen molar-refractivity contribution in [2.75, 3.05) is 13.3 Å². The third-order valence-electron chi connectivity index (χ3n) is 0.581. The van der Waals surface area contributed by atoms with Gasteiger partial charge in [0, 0.05) is 13.3 Å². The molecule has 0 radical (unpaired) electrons. The molecular weight excluding hydrogens is 108 g/mol. The van der Waals surface area contributed by atoms with E-state index < -0.39 is 6.35 Å². The summed E-state index contributed by atoms with van der Waals surface area (Å²) in [6.07, 6.45) is -0.964. The fourth-order valence-electron chi connectivity index (χ4n) is 0.249. The van der Waals surface area contributed by atoms with Gasteiger partial charge in [0.25, 0.3) is 0 Å². The van der Waals surface area contributed by atoms with E-state index in [4.69, 9.17) is 16.6 Å². The van der Waals surface area contributed by atoms with Gasteiger partial charge in [0.05, 0.1) is 0 Å². The van der Waals surface area contributed by atoms with Crippen LogP contribution in [0.5, 0.6) is 0 Å². The summed E-state index contributed by atoms with van der Waals surface area (Å²) in [7, 11) is 0. The first-order valence-electron chi connectivity index (χ1n) is 2.35. The number of aliphatic hydroxyl groups excluding tert-OH is 1. The SMILES string of the molecule is NCNCNC(N)O. The van der Waals surface area contributed by atoms with Gasteiger partial charge >= 0.3 is 0 Å². The minimum absolute atomic E-state index is 0.375. The molecule has 5 nitrogen and oxygen atoms in total. The average molecular weight is 120 g/mol. The first-order chi connectivity index (χ1) is 3.77. The van der Waals surface area contributed by atoms with E-state index in [1.807, 2.05) is 0 Å². The van der Waals surface area contributed by atoms with Gasteiger partial charge in [-0.3, -0.25) is 16.4 Å². The molecule has 0 aliphatic carbocycles. The zero-order valence-corrected chi connectivity index (χ0v) is 4.59. The van der Waals surface area contributed by atoms with E-state index in [0.29, 0.717) is 13.3 Å². The highest BCUT2D eigenvalue weighted by Crippen LogP contribution is 1.53. The van der Waals surface area contributed by atoms with Gasteiger partial charge in [-0.25, -0.2) is 0 Å². The molecule has 0 aliphatic heterocycles. The quantitative estimate of drug-likeness (QED) is 0.205. The predicted molar refractivity (Wildman–Crippen MR) is 30.4 cm³/mol. The second-order valence-electron chi connectivity index (χ2n) is 1.28. The lowest BCUT2D eigenvalue weighted by atomic mass is 10.9. The standard InChI is InChI=1S/C3H12N4O/c4-1-6-2-7-3(5)8/h3,6-8H,1-2,4-5H2. The lowest BCUT2D eigenvalue weighted by molar-refractivity contribution is 0.142. The second kappa shape index (κ2) is 4.95. The molecule has 0 fully saturated rings. The molecule has 1 atom stereocenters. The molecule has 0 saturated carbocycles. The second-order valence-corrected chi connectivity index (χ2v) is 1.28. The van der Waals surface area contributed by atoms with Crippen molar-refractivity contribution >= 4 is 0 Å². The molecule has 0 aromatic heterocycles. The van der Waals surface area contributed by atoms with Gasteiger partial charge in [-0.05, 0) is 0 Å². The molecule has 0 heterocycles.